The normalized spacial score (nSPS) is 14.9. The van der Waals surface area contributed by atoms with Crippen molar-refractivity contribution < 1.29 is 0 Å². The van der Waals surface area contributed by atoms with Crippen LogP contribution in [0.5, 0.6) is 0 Å². The topological polar surface area (TPSA) is 29.3 Å². The predicted octanol–water partition coefficient (Wildman–Crippen LogP) is 2.41. The molecule has 0 saturated heterocycles. The Morgan fingerprint density at radius 2 is 1.94 bits per heavy atom. The van der Waals surface area contributed by atoms with Crippen LogP contribution < -0.4 is 5.73 Å². The number of hydrogen-bond donors (Lipinski definition) is 1. The number of hydrogen-bond acceptors (Lipinski definition) is 3. The molecule has 3 heteroatoms. The van der Waals surface area contributed by atoms with E-state index < -0.39 is 0 Å². The first-order valence-electron chi connectivity index (χ1n) is 6.13. The van der Waals surface area contributed by atoms with Gasteiger partial charge in [0.15, 0.2) is 0 Å². The zero-order valence-electron chi connectivity index (χ0n) is 11.1. The van der Waals surface area contributed by atoms with Crippen molar-refractivity contribution in [2.75, 3.05) is 32.1 Å². The van der Waals surface area contributed by atoms with Crippen LogP contribution in [0.2, 0.25) is 0 Å². The van der Waals surface area contributed by atoms with E-state index in [0.717, 1.165) is 6.54 Å². The van der Waals surface area contributed by atoms with Crippen LogP contribution in [0.1, 0.15) is 18.4 Å². The minimum Gasteiger partial charge on any atom is -0.330 e. The van der Waals surface area contributed by atoms with Crippen LogP contribution in [-0.4, -0.2) is 43.1 Å². The van der Waals surface area contributed by atoms with Gasteiger partial charge in [0.25, 0.3) is 0 Å². The highest BCUT2D eigenvalue weighted by Gasteiger charge is 2.15. The standard InChI is InChI=1S/C14H24N2S/c1-12(11-17-3)16(2)10-14(9-15)13-7-5-4-6-8-13/h4-8,12,14H,9-11,15H2,1-3H3. The molecule has 0 bridgehead atoms. The summed E-state index contributed by atoms with van der Waals surface area (Å²) in [7, 11) is 2.19. The fourth-order valence-electron chi connectivity index (χ4n) is 1.94. The van der Waals surface area contributed by atoms with E-state index >= 15 is 0 Å². The molecule has 1 aromatic rings. The second-order valence-corrected chi connectivity index (χ2v) is 5.50. The summed E-state index contributed by atoms with van der Waals surface area (Å²) in [6, 6.07) is 11.2. The SMILES string of the molecule is CSCC(C)N(C)CC(CN)c1ccccc1. The molecule has 0 saturated carbocycles. The van der Waals surface area contributed by atoms with Gasteiger partial charge in [-0.3, -0.25) is 0 Å². The minimum absolute atomic E-state index is 0.436. The molecule has 96 valence electrons. The predicted molar refractivity (Wildman–Crippen MR) is 78.7 cm³/mol. The van der Waals surface area contributed by atoms with Gasteiger partial charge in [-0.15, -0.1) is 0 Å². The van der Waals surface area contributed by atoms with Crippen LogP contribution in [0.15, 0.2) is 30.3 Å². The largest absolute Gasteiger partial charge is 0.330 e. The van der Waals surface area contributed by atoms with Crippen LogP contribution in [-0.2, 0) is 0 Å². The zero-order valence-corrected chi connectivity index (χ0v) is 11.9. The number of thioether (sulfide) groups is 1. The molecule has 0 fully saturated rings. The molecule has 17 heavy (non-hydrogen) atoms. The smallest absolute Gasteiger partial charge is 0.0155 e. The number of nitrogens with zero attached hydrogens (tertiary/aromatic N) is 1. The van der Waals surface area contributed by atoms with Gasteiger partial charge in [0.2, 0.25) is 0 Å². The van der Waals surface area contributed by atoms with E-state index in [2.05, 4.69) is 55.5 Å². The number of rotatable bonds is 7. The van der Waals surface area contributed by atoms with Gasteiger partial charge >= 0.3 is 0 Å². The third-order valence-electron chi connectivity index (χ3n) is 3.22. The first-order chi connectivity index (χ1) is 8.19. The Labute approximate surface area is 110 Å². The summed E-state index contributed by atoms with van der Waals surface area (Å²) < 4.78 is 0. The van der Waals surface area contributed by atoms with Gasteiger partial charge in [-0.05, 0) is 25.8 Å². The highest BCUT2D eigenvalue weighted by atomic mass is 32.2. The molecule has 0 aliphatic rings. The summed E-state index contributed by atoms with van der Waals surface area (Å²) in [4.78, 5) is 2.40. The average Bonchev–Trinajstić information content (AvgIpc) is 2.37. The van der Waals surface area contributed by atoms with Gasteiger partial charge in [-0.2, -0.15) is 11.8 Å². The molecule has 2 atom stereocenters. The lowest BCUT2D eigenvalue weighted by molar-refractivity contribution is 0.261. The Morgan fingerprint density at radius 3 is 2.47 bits per heavy atom. The highest BCUT2D eigenvalue weighted by molar-refractivity contribution is 7.98. The third-order valence-corrected chi connectivity index (χ3v) is 4.04. The lowest BCUT2D eigenvalue weighted by Gasteiger charge is -2.28. The molecule has 0 spiro atoms. The molecule has 1 aromatic carbocycles. The Hall–Kier alpha value is -0.510. The quantitative estimate of drug-likeness (QED) is 0.808. The number of benzene rings is 1. The van der Waals surface area contributed by atoms with Gasteiger partial charge in [-0.25, -0.2) is 0 Å². The second-order valence-electron chi connectivity index (χ2n) is 4.59. The summed E-state index contributed by atoms with van der Waals surface area (Å²) in [6.07, 6.45) is 2.15. The summed E-state index contributed by atoms with van der Waals surface area (Å²) in [5.74, 6) is 1.60. The number of likely N-dealkylation sites (N-methyl/N-ethyl adjacent to an activating group) is 1. The van der Waals surface area contributed by atoms with Crippen molar-refractivity contribution in [3.8, 4) is 0 Å². The lowest BCUT2D eigenvalue weighted by atomic mass is 9.98. The van der Waals surface area contributed by atoms with Crippen molar-refractivity contribution in [2.45, 2.75) is 18.9 Å². The van der Waals surface area contributed by atoms with Gasteiger partial charge in [-0.1, -0.05) is 30.3 Å². The summed E-state index contributed by atoms with van der Waals surface area (Å²) in [5.41, 5.74) is 7.24. The second kappa shape index (κ2) is 7.75. The van der Waals surface area contributed by atoms with Crippen molar-refractivity contribution in [2.24, 2.45) is 5.73 Å². The fourth-order valence-corrected chi connectivity index (χ4v) is 2.67. The summed E-state index contributed by atoms with van der Waals surface area (Å²) >= 11 is 1.90. The maximum absolute atomic E-state index is 5.90. The van der Waals surface area contributed by atoms with E-state index in [1.54, 1.807) is 0 Å². The van der Waals surface area contributed by atoms with E-state index in [-0.39, 0.29) is 0 Å². The van der Waals surface area contributed by atoms with E-state index in [0.29, 0.717) is 18.5 Å². The zero-order chi connectivity index (χ0) is 12.7. The first-order valence-corrected chi connectivity index (χ1v) is 7.52. The lowest BCUT2D eigenvalue weighted by Crippen LogP contribution is -2.36. The highest BCUT2D eigenvalue weighted by Crippen LogP contribution is 2.16. The van der Waals surface area contributed by atoms with E-state index in [9.17, 15) is 0 Å². The van der Waals surface area contributed by atoms with Crippen molar-refractivity contribution in [1.82, 2.24) is 4.90 Å². The maximum Gasteiger partial charge on any atom is 0.0155 e. The minimum atomic E-state index is 0.436. The van der Waals surface area contributed by atoms with Crippen LogP contribution >= 0.6 is 11.8 Å². The number of nitrogens with two attached hydrogens (primary N) is 1. The van der Waals surface area contributed by atoms with Crippen LogP contribution in [0, 0.1) is 0 Å². The molecule has 0 radical (unpaired) electrons. The van der Waals surface area contributed by atoms with Gasteiger partial charge in [0, 0.05) is 30.8 Å². The van der Waals surface area contributed by atoms with E-state index in [4.69, 9.17) is 5.73 Å². The average molecular weight is 252 g/mol. The molecule has 0 aromatic heterocycles. The first kappa shape index (κ1) is 14.6. The van der Waals surface area contributed by atoms with Crippen LogP contribution in [0.25, 0.3) is 0 Å². The Bertz CT molecular complexity index is 302. The molecular weight excluding hydrogens is 228 g/mol. The molecule has 2 unspecified atom stereocenters. The molecule has 0 amide bonds. The monoisotopic (exact) mass is 252 g/mol. The van der Waals surface area contributed by atoms with Gasteiger partial charge < -0.3 is 10.6 Å². The fraction of sp³-hybridized carbons (Fsp3) is 0.571. The Kier molecular flexibility index (Phi) is 6.63. The molecule has 2 nitrogen and oxygen atoms in total. The molecular formula is C14H24N2S. The van der Waals surface area contributed by atoms with E-state index in [1.165, 1.54) is 11.3 Å². The van der Waals surface area contributed by atoms with Crippen molar-refractivity contribution >= 4 is 11.8 Å². The summed E-state index contributed by atoms with van der Waals surface area (Å²) in [5, 5.41) is 0. The molecule has 0 aliphatic heterocycles. The maximum atomic E-state index is 5.90. The molecule has 2 N–H and O–H groups in total. The summed E-state index contributed by atoms with van der Waals surface area (Å²) in [6.45, 7) is 4.01. The van der Waals surface area contributed by atoms with E-state index in [1.807, 2.05) is 11.8 Å². The van der Waals surface area contributed by atoms with Crippen molar-refractivity contribution in [3.63, 3.8) is 0 Å². The van der Waals surface area contributed by atoms with Gasteiger partial charge in [0.1, 0.15) is 0 Å². The van der Waals surface area contributed by atoms with Crippen LogP contribution in [0.3, 0.4) is 0 Å². The molecule has 1 rings (SSSR count). The van der Waals surface area contributed by atoms with Crippen molar-refractivity contribution in [3.05, 3.63) is 35.9 Å². The van der Waals surface area contributed by atoms with Gasteiger partial charge in [0.05, 0.1) is 0 Å². The third kappa shape index (κ3) is 4.70. The van der Waals surface area contributed by atoms with Crippen molar-refractivity contribution in [1.29, 1.82) is 0 Å². The molecule has 0 aliphatic carbocycles. The Morgan fingerprint density at radius 1 is 1.29 bits per heavy atom. The Balaban J connectivity index is 2.58. The van der Waals surface area contributed by atoms with Crippen LogP contribution in [0.4, 0.5) is 0 Å². The molecule has 0 heterocycles.